The van der Waals surface area contributed by atoms with Crippen LogP contribution in [0.15, 0.2) is 30.9 Å². The predicted molar refractivity (Wildman–Crippen MR) is 76.1 cm³/mol. The van der Waals surface area contributed by atoms with Gasteiger partial charge in [0.15, 0.2) is 0 Å². The van der Waals surface area contributed by atoms with E-state index in [-0.39, 0.29) is 0 Å². The number of nitrogen functional groups attached to an aromatic ring is 1. The van der Waals surface area contributed by atoms with E-state index in [0.717, 1.165) is 24.4 Å². The van der Waals surface area contributed by atoms with E-state index in [9.17, 15) is 0 Å². The average Bonchev–Trinajstić information content (AvgIpc) is 2.33. The van der Waals surface area contributed by atoms with Gasteiger partial charge in [0.2, 0.25) is 0 Å². The van der Waals surface area contributed by atoms with Gasteiger partial charge >= 0.3 is 0 Å². The summed E-state index contributed by atoms with van der Waals surface area (Å²) in [7, 11) is 0. The van der Waals surface area contributed by atoms with E-state index in [1.165, 1.54) is 0 Å². The standard InChI is InChI=1S/C14H22N2O2/c1-3-5-7-17-8-6-16-13-9-12(15)10-14(11-13)18-4-2/h3,9-11,16H,1,4-8,15H2,2H3. The molecule has 3 N–H and O–H groups in total. The van der Waals surface area contributed by atoms with E-state index in [1.807, 2.05) is 31.2 Å². The molecule has 0 amide bonds. The van der Waals surface area contributed by atoms with Gasteiger partial charge in [0.05, 0.1) is 19.8 Å². The zero-order valence-corrected chi connectivity index (χ0v) is 10.9. The van der Waals surface area contributed by atoms with Gasteiger partial charge in [-0.3, -0.25) is 0 Å². The summed E-state index contributed by atoms with van der Waals surface area (Å²) in [4.78, 5) is 0. The molecule has 1 aromatic rings. The second kappa shape index (κ2) is 8.42. The Morgan fingerprint density at radius 3 is 2.89 bits per heavy atom. The summed E-state index contributed by atoms with van der Waals surface area (Å²) >= 11 is 0. The number of anilines is 2. The quantitative estimate of drug-likeness (QED) is 0.402. The van der Waals surface area contributed by atoms with Crippen molar-refractivity contribution in [2.24, 2.45) is 0 Å². The largest absolute Gasteiger partial charge is 0.494 e. The zero-order valence-electron chi connectivity index (χ0n) is 10.9. The number of rotatable bonds is 9. The van der Waals surface area contributed by atoms with Crippen molar-refractivity contribution in [3.8, 4) is 5.75 Å². The van der Waals surface area contributed by atoms with E-state index in [2.05, 4.69) is 11.9 Å². The first kappa shape index (κ1) is 14.4. The van der Waals surface area contributed by atoms with Crippen LogP contribution in [0.5, 0.6) is 5.75 Å². The Hall–Kier alpha value is -1.68. The molecule has 0 aliphatic heterocycles. The van der Waals surface area contributed by atoms with Crippen LogP contribution in [-0.4, -0.2) is 26.4 Å². The van der Waals surface area contributed by atoms with E-state index in [4.69, 9.17) is 15.2 Å². The Bertz CT molecular complexity index is 367. The Balaban J connectivity index is 2.34. The number of nitrogens with two attached hydrogens (primary N) is 1. The molecule has 4 heteroatoms. The highest BCUT2D eigenvalue weighted by molar-refractivity contribution is 5.59. The summed E-state index contributed by atoms with van der Waals surface area (Å²) in [6.07, 6.45) is 2.73. The summed E-state index contributed by atoms with van der Waals surface area (Å²) in [5, 5.41) is 3.25. The molecule has 0 saturated heterocycles. The normalized spacial score (nSPS) is 10.1. The highest BCUT2D eigenvalue weighted by Gasteiger charge is 1.99. The number of ether oxygens (including phenoxy) is 2. The van der Waals surface area contributed by atoms with Gasteiger partial charge in [0.25, 0.3) is 0 Å². The van der Waals surface area contributed by atoms with Crippen LogP contribution < -0.4 is 15.8 Å². The van der Waals surface area contributed by atoms with Crippen LogP contribution in [0.2, 0.25) is 0 Å². The SMILES string of the molecule is C=CCCOCCNc1cc(N)cc(OCC)c1. The molecule has 1 rings (SSSR count). The predicted octanol–water partition coefficient (Wildman–Crippen LogP) is 2.67. The third-order valence-electron chi connectivity index (χ3n) is 2.28. The fraction of sp³-hybridized carbons (Fsp3) is 0.429. The maximum atomic E-state index is 5.80. The summed E-state index contributed by atoms with van der Waals surface area (Å²) in [6, 6.07) is 5.63. The number of nitrogens with one attached hydrogen (secondary N) is 1. The molecule has 0 aliphatic rings. The van der Waals surface area contributed by atoms with E-state index in [0.29, 0.717) is 25.5 Å². The van der Waals surface area contributed by atoms with Crippen LogP contribution >= 0.6 is 0 Å². The molecule has 0 radical (unpaired) electrons. The Kier molecular flexibility index (Phi) is 6.72. The summed E-state index contributed by atoms with van der Waals surface area (Å²) in [5.41, 5.74) is 7.44. The second-order valence-electron chi connectivity index (χ2n) is 3.84. The highest BCUT2D eigenvalue weighted by atomic mass is 16.5. The highest BCUT2D eigenvalue weighted by Crippen LogP contribution is 2.22. The van der Waals surface area contributed by atoms with Gasteiger partial charge in [-0.15, -0.1) is 6.58 Å². The minimum absolute atomic E-state index is 0.632. The van der Waals surface area contributed by atoms with Crippen molar-refractivity contribution >= 4 is 11.4 Å². The lowest BCUT2D eigenvalue weighted by atomic mass is 10.2. The smallest absolute Gasteiger partial charge is 0.123 e. The number of hydrogen-bond acceptors (Lipinski definition) is 4. The summed E-state index contributed by atoms with van der Waals surface area (Å²) in [6.45, 7) is 8.34. The van der Waals surface area contributed by atoms with Crippen molar-refractivity contribution in [3.63, 3.8) is 0 Å². The van der Waals surface area contributed by atoms with Crippen LogP contribution in [0, 0.1) is 0 Å². The molecular formula is C14H22N2O2. The van der Waals surface area contributed by atoms with Crippen molar-refractivity contribution in [1.82, 2.24) is 0 Å². The zero-order chi connectivity index (χ0) is 13.2. The van der Waals surface area contributed by atoms with Gasteiger partial charge in [-0.05, 0) is 19.4 Å². The van der Waals surface area contributed by atoms with Gasteiger partial charge in [0.1, 0.15) is 5.75 Å². The first-order valence-corrected chi connectivity index (χ1v) is 6.22. The number of benzene rings is 1. The number of hydrogen-bond donors (Lipinski definition) is 2. The first-order chi connectivity index (χ1) is 8.76. The van der Waals surface area contributed by atoms with Gasteiger partial charge in [-0.25, -0.2) is 0 Å². The van der Waals surface area contributed by atoms with Crippen molar-refractivity contribution in [2.75, 3.05) is 37.4 Å². The summed E-state index contributed by atoms with van der Waals surface area (Å²) < 4.78 is 10.8. The molecule has 0 bridgehead atoms. The third kappa shape index (κ3) is 5.59. The van der Waals surface area contributed by atoms with E-state index in [1.54, 1.807) is 0 Å². The molecule has 1 aromatic carbocycles. The molecule has 0 unspecified atom stereocenters. The molecule has 100 valence electrons. The third-order valence-corrected chi connectivity index (χ3v) is 2.28. The molecule has 0 saturated carbocycles. The van der Waals surface area contributed by atoms with Crippen molar-refractivity contribution < 1.29 is 9.47 Å². The van der Waals surface area contributed by atoms with Gasteiger partial charge in [-0.2, -0.15) is 0 Å². The fourth-order valence-electron chi connectivity index (χ4n) is 1.51. The molecule has 0 heterocycles. The monoisotopic (exact) mass is 250 g/mol. The van der Waals surface area contributed by atoms with Crippen molar-refractivity contribution in [3.05, 3.63) is 30.9 Å². The lowest BCUT2D eigenvalue weighted by molar-refractivity contribution is 0.149. The Morgan fingerprint density at radius 1 is 1.33 bits per heavy atom. The summed E-state index contributed by atoms with van der Waals surface area (Å²) in [5.74, 6) is 0.785. The van der Waals surface area contributed by atoms with Crippen LogP contribution in [0.4, 0.5) is 11.4 Å². The molecule has 0 spiro atoms. The molecule has 0 atom stereocenters. The lowest BCUT2D eigenvalue weighted by Gasteiger charge is -2.10. The van der Waals surface area contributed by atoms with E-state index >= 15 is 0 Å². The second-order valence-corrected chi connectivity index (χ2v) is 3.84. The Labute approximate surface area is 109 Å². The van der Waals surface area contributed by atoms with Gasteiger partial charge < -0.3 is 20.5 Å². The molecule has 0 aromatic heterocycles. The molecule has 18 heavy (non-hydrogen) atoms. The van der Waals surface area contributed by atoms with Gasteiger partial charge in [-0.1, -0.05) is 6.08 Å². The lowest BCUT2D eigenvalue weighted by Crippen LogP contribution is -2.10. The first-order valence-electron chi connectivity index (χ1n) is 6.22. The van der Waals surface area contributed by atoms with Crippen LogP contribution in [0.1, 0.15) is 13.3 Å². The molecular weight excluding hydrogens is 228 g/mol. The Morgan fingerprint density at radius 2 is 2.17 bits per heavy atom. The molecule has 0 fully saturated rings. The van der Waals surface area contributed by atoms with Crippen molar-refractivity contribution in [1.29, 1.82) is 0 Å². The molecule has 0 aliphatic carbocycles. The maximum Gasteiger partial charge on any atom is 0.123 e. The minimum Gasteiger partial charge on any atom is -0.494 e. The molecule has 4 nitrogen and oxygen atoms in total. The van der Waals surface area contributed by atoms with Crippen molar-refractivity contribution in [2.45, 2.75) is 13.3 Å². The fourth-order valence-corrected chi connectivity index (χ4v) is 1.51. The van der Waals surface area contributed by atoms with E-state index < -0.39 is 0 Å². The maximum absolute atomic E-state index is 5.80. The van der Waals surface area contributed by atoms with Gasteiger partial charge in [0, 0.05) is 30.1 Å². The van der Waals surface area contributed by atoms with Crippen LogP contribution in [0.3, 0.4) is 0 Å². The topological polar surface area (TPSA) is 56.5 Å². The van der Waals surface area contributed by atoms with Crippen LogP contribution in [0.25, 0.3) is 0 Å². The minimum atomic E-state index is 0.632. The average molecular weight is 250 g/mol. The van der Waals surface area contributed by atoms with Crippen LogP contribution in [-0.2, 0) is 4.74 Å².